The van der Waals surface area contributed by atoms with E-state index in [1.54, 1.807) is 6.07 Å². The summed E-state index contributed by atoms with van der Waals surface area (Å²) in [6.45, 7) is 0. The van der Waals surface area contributed by atoms with Crippen LogP contribution in [0.3, 0.4) is 0 Å². The van der Waals surface area contributed by atoms with Gasteiger partial charge in [-0.2, -0.15) is 13.2 Å². The van der Waals surface area contributed by atoms with Gasteiger partial charge in [-0.25, -0.2) is 0 Å². The number of benzene rings is 1. The van der Waals surface area contributed by atoms with E-state index in [0.29, 0.717) is 18.4 Å². The maximum atomic E-state index is 12.9. The van der Waals surface area contributed by atoms with E-state index < -0.39 is 17.2 Å². The molecule has 1 aromatic carbocycles. The fraction of sp³-hybridized carbons (Fsp3) is 0.588. The van der Waals surface area contributed by atoms with E-state index in [9.17, 15) is 18.0 Å². The number of carbonyl (C=O) groups excluding carboxylic acids is 1. The molecule has 2 aliphatic rings. The Kier molecular flexibility index (Phi) is 5.50. The molecular weight excluding hydrogens is 341 g/mol. The number of rotatable bonds is 3. The van der Waals surface area contributed by atoms with Crippen molar-refractivity contribution in [2.45, 2.75) is 62.2 Å². The number of hydrogen-bond donors (Lipinski definition) is 2. The maximum Gasteiger partial charge on any atom is 0.416 e. The Bertz CT molecular complexity index is 594. The van der Waals surface area contributed by atoms with Crippen LogP contribution in [0.15, 0.2) is 24.3 Å². The predicted molar refractivity (Wildman–Crippen MR) is 88.0 cm³/mol. The molecule has 0 atom stereocenters. The molecule has 0 unspecified atom stereocenters. The number of hydrogen-bond acceptors (Lipinski definition) is 2. The molecule has 3 nitrogen and oxygen atoms in total. The summed E-state index contributed by atoms with van der Waals surface area (Å²) < 4.78 is 38.6. The Morgan fingerprint density at radius 2 is 1.79 bits per heavy atom. The smallest absolute Gasteiger partial charge is 0.353 e. The van der Waals surface area contributed by atoms with Gasteiger partial charge in [0.1, 0.15) is 0 Å². The lowest BCUT2D eigenvalue weighted by molar-refractivity contribution is -0.137. The van der Waals surface area contributed by atoms with Crippen molar-refractivity contribution in [3.8, 4) is 0 Å². The first-order chi connectivity index (χ1) is 10.8. The van der Waals surface area contributed by atoms with Gasteiger partial charge >= 0.3 is 6.18 Å². The molecule has 0 heterocycles. The van der Waals surface area contributed by atoms with Crippen molar-refractivity contribution in [2.75, 3.05) is 0 Å². The minimum Gasteiger partial charge on any atom is -0.353 e. The highest BCUT2D eigenvalue weighted by molar-refractivity contribution is 5.91. The van der Waals surface area contributed by atoms with Gasteiger partial charge in [0.15, 0.2) is 0 Å². The lowest BCUT2D eigenvalue weighted by atomic mass is 9.89. The van der Waals surface area contributed by atoms with Crippen molar-refractivity contribution in [1.29, 1.82) is 0 Å². The monoisotopic (exact) mass is 362 g/mol. The van der Waals surface area contributed by atoms with Gasteiger partial charge in [-0.05, 0) is 50.2 Å². The van der Waals surface area contributed by atoms with Gasteiger partial charge in [-0.1, -0.05) is 18.2 Å². The average Bonchev–Trinajstić information content (AvgIpc) is 3.31. The van der Waals surface area contributed by atoms with Crippen molar-refractivity contribution in [3.05, 3.63) is 35.4 Å². The van der Waals surface area contributed by atoms with Crippen LogP contribution in [0.2, 0.25) is 0 Å². The zero-order valence-corrected chi connectivity index (χ0v) is 14.1. The fourth-order valence-corrected chi connectivity index (χ4v) is 3.35. The molecule has 3 rings (SSSR count). The molecule has 134 valence electrons. The summed E-state index contributed by atoms with van der Waals surface area (Å²) in [6, 6.07) is 5.44. The summed E-state index contributed by atoms with van der Waals surface area (Å²) in [4.78, 5) is 12.6. The molecule has 1 amide bonds. The number of nitrogens with two attached hydrogens (primary N) is 1. The zero-order chi connectivity index (χ0) is 16.7. The zero-order valence-electron chi connectivity index (χ0n) is 13.2. The highest BCUT2D eigenvalue weighted by Crippen LogP contribution is 2.49. The first-order valence-corrected chi connectivity index (χ1v) is 8.05. The second-order valence-corrected chi connectivity index (χ2v) is 6.75. The standard InChI is InChI=1S/C17H21F3N2O.ClH/c18-17(19,20)12-3-1-2-11(10-12)16(8-9-16)15(23)22-14-6-4-13(21)5-7-14;/h1-3,10,13-14H,4-9,21H2,(H,22,23);1H. The molecule has 0 bridgehead atoms. The van der Waals surface area contributed by atoms with Gasteiger partial charge in [-0.15, -0.1) is 12.4 Å². The van der Waals surface area contributed by atoms with Crippen molar-refractivity contribution >= 4 is 18.3 Å². The highest BCUT2D eigenvalue weighted by atomic mass is 35.5. The molecule has 0 aromatic heterocycles. The average molecular weight is 363 g/mol. The van der Waals surface area contributed by atoms with Crippen molar-refractivity contribution in [1.82, 2.24) is 5.32 Å². The lowest BCUT2D eigenvalue weighted by Crippen LogP contribution is -2.44. The van der Waals surface area contributed by atoms with Gasteiger partial charge < -0.3 is 11.1 Å². The molecule has 2 aliphatic carbocycles. The number of nitrogens with one attached hydrogen (secondary N) is 1. The number of carbonyl (C=O) groups is 1. The van der Waals surface area contributed by atoms with Crippen LogP contribution < -0.4 is 11.1 Å². The summed E-state index contributed by atoms with van der Waals surface area (Å²) in [7, 11) is 0. The molecule has 2 saturated carbocycles. The summed E-state index contributed by atoms with van der Waals surface area (Å²) in [5.74, 6) is -0.141. The van der Waals surface area contributed by atoms with Crippen molar-refractivity contribution in [2.24, 2.45) is 5.73 Å². The molecule has 1 aromatic rings. The lowest BCUT2D eigenvalue weighted by Gasteiger charge is -2.28. The third-order valence-electron chi connectivity index (χ3n) is 5.03. The quantitative estimate of drug-likeness (QED) is 0.864. The number of halogens is 4. The summed E-state index contributed by atoms with van der Waals surface area (Å²) >= 11 is 0. The molecule has 24 heavy (non-hydrogen) atoms. The topological polar surface area (TPSA) is 55.1 Å². The Morgan fingerprint density at radius 1 is 1.17 bits per heavy atom. The second kappa shape index (κ2) is 6.92. The molecule has 0 aliphatic heterocycles. The molecular formula is C17H22ClF3N2O. The van der Waals surface area contributed by atoms with Crippen LogP contribution in [0.25, 0.3) is 0 Å². The molecule has 2 fully saturated rings. The van der Waals surface area contributed by atoms with Crippen molar-refractivity contribution < 1.29 is 18.0 Å². The van der Waals surface area contributed by atoms with Gasteiger partial charge in [0.05, 0.1) is 11.0 Å². The Hall–Kier alpha value is -1.27. The molecule has 0 saturated heterocycles. The van der Waals surface area contributed by atoms with Crippen LogP contribution in [-0.4, -0.2) is 18.0 Å². The maximum absolute atomic E-state index is 12.9. The van der Waals surface area contributed by atoms with Crippen LogP contribution in [0.5, 0.6) is 0 Å². The molecule has 0 spiro atoms. The van der Waals surface area contributed by atoms with E-state index in [-0.39, 0.29) is 30.4 Å². The van der Waals surface area contributed by atoms with Gasteiger partial charge in [0.2, 0.25) is 5.91 Å². The van der Waals surface area contributed by atoms with Gasteiger partial charge in [-0.3, -0.25) is 4.79 Å². The molecule has 3 N–H and O–H groups in total. The predicted octanol–water partition coefficient (Wildman–Crippen LogP) is 3.54. The molecule has 7 heteroatoms. The second-order valence-electron chi connectivity index (χ2n) is 6.75. The minimum absolute atomic E-state index is 0. The summed E-state index contributed by atoms with van der Waals surface area (Å²) in [5.41, 5.74) is 4.85. The Balaban J connectivity index is 0.00000208. The van der Waals surface area contributed by atoms with E-state index in [4.69, 9.17) is 5.73 Å². The van der Waals surface area contributed by atoms with Crippen LogP contribution >= 0.6 is 12.4 Å². The normalized spacial score (nSPS) is 25.5. The molecule has 0 radical (unpaired) electrons. The van der Waals surface area contributed by atoms with E-state index in [1.165, 1.54) is 6.07 Å². The van der Waals surface area contributed by atoms with Crippen LogP contribution in [-0.2, 0) is 16.4 Å². The largest absolute Gasteiger partial charge is 0.416 e. The SMILES string of the molecule is Cl.NC1CCC(NC(=O)C2(c3cccc(C(F)(F)F)c3)CC2)CC1. The highest BCUT2D eigenvalue weighted by Gasteiger charge is 2.52. The third-order valence-corrected chi connectivity index (χ3v) is 5.03. The third kappa shape index (κ3) is 3.86. The summed E-state index contributed by atoms with van der Waals surface area (Å²) in [6.07, 6.45) is 0.251. The van der Waals surface area contributed by atoms with Crippen molar-refractivity contribution in [3.63, 3.8) is 0 Å². The van der Waals surface area contributed by atoms with E-state index >= 15 is 0 Å². The van der Waals surface area contributed by atoms with E-state index in [1.807, 2.05) is 0 Å². The summed E-state index contributed by atoms with van der Waals surface area (Å²) in [5, 5.41) is 3.02. The van der Waals surface area contributed by atoms with Gasteiger partial charge in [0.25, 0.3) is 0 Å². The van der Waals surface area contributed by atoms with E-state index in [2.05, 4.69) is 5.32 Å². The van der Waals surface area contributed by atoms with Crippen LogP contribution in [0.4, 0.5) is 13.2 Å². The Labute approximate surface area is 145 Å². The first-order valence-electron chi connectivity index (χ1n) is 8.05. The van der Waals surface area contributed by atoms with E-state index in [0.717, 1.165) is 37.8 Å². The van der Waals surface area contributed by atoms with Gasteiger partial charge in [0, 0.05) is 12.1 Å². The Morgan fingerprint density at radius 3 is 2.33 bits per heavy atom. The first kappa shape index (κ1) is 19.1. The van der Waals surface area contributed by atoms with Crippen LogP contribution in [0.1, 0.15) is 49.7 Å². The number of alkyl halides is 3. The van der Waals surface area contributed by atoms with Crippen LogP contribution in [0, 0.1) is 0 Å². The minimum atomic E-state index is -4.39. The number of amides is 1. The fourth-order valence-electron chi connectivity index (χ4n) is 3.35.